The van der Waals surface area contributed by atoms with Crippen LogP contribution < -0.4 is 16.4 Å². The van der Waals surface area contributed by atoms with Gasteiger partial charge in [-0.1, -0.05) is 37.6 Å². The van der Waals surface area contributed by atoms with E-state index in [0.717, 1.165) is 32.1 Å². The number of nitrogens with zero attached hydrogens (tertiary/aromatic N) is 4. The highest BCUT2D eigenvalue weighted by molar-refractivity contribution is 6.30. The number of carbonyl (C=O) groups excluding carboxylic acids is 4. The van der Waals surface area contributed by atoms with Gasteiger partial charge < -0.3 is 30.6 Å². The molecule has 2 heterocycles. The summed E-state index contributed by atoms with van der Waals surface area (Å²) in [5, 5.41) is 14.5. The van der Waals surface area contributed by atoms with Gasteiger partial charge >= 0.3 is 0 Å². The molecule has 1 fully saturated rings. The highest BCUT2D eigenvalue weighted by Gasteiger charge is 2.39. The lowest BCUT2D eigenvalue weighted by atomic mass is 9.96. The van der Waals surface area contributed by atoms with Crippen molar-refractivity contribution in [1.82, 2.24) is 30.6 Å². The van der Waals surface area contributed by atoms with Gasteiger partial charge in [0.05, 0.1) is 6.04 Å². The Morgan fingerprint density at radius 2 is 1.89 bits per heavy atom. The Labute approximate surface area is 281 Å². The molecule has 1 aromatic heterocycles. The molecule has 1 aromatic carbocycles. The minimum Gasteiger partial charge on any atom is -0.421 e. The number of nitrogens with two attached hydrogens (primary N) is 1. The van der Waals surface area contributed by atoms with Crippen LogP contribution in [-0.2, 0) is 25.6 Å². The van der Waals surface area contributed by atoms with Crippen molar-refractivity contribution >= 4 is 35.2 Å². The Kier molecular flexibility index (Phi) is 12.6. The number of hydrogen-bond acceptors (Lipinski definition) is 8. The number of amides is 4. The van der Waals surface area contributed by atoms with Crippen LogP contribution in [-0.4, -0.2) is 88.4 Å². The fourth-order valence-corrected chi connectivity index (χ4v) is 6.06. The van der Waals surface area contributed by atoms with Crippen molar-refractivity contribution in [2.75, 3.05) is 20.6 Å². The van der Waals surface area contributed by atoms with Crippen molar-refractivity contribution in [3.8, 4) is 11.5 Å². The van der Waals surface area contributed by atoms with Gasteiger partial charge in [0.25, 0.3) is 0 Å². The van der Waals surface area contributed by atoms with Gasteiger partial charge in [-0.2, -0.15) is 0 Å². The Bertz CT molecular complexity index is 1460. The molecule has 0 radical (unpaired) electrons. The first-order chi connectivity index (χ1) is 22.4. The van der Waals surface area contributed by atoms with Crippen molar-refractivity contribution in [1.29, 1.82) is 0 Å². The van der Waals surface area contributed by atoms with Gasteiger partial charge in [-0.3, -0.25) is 19.2 Å². The minimum absolute atomic E-state index is 0.0387. The molecule has 4 amide bonds. The van der Waals surface area contributed by atoms with Crippen LogP contribution in [0, 0.1) is 18.8 Å². The Morgan fingerprint density at radius 3 is 2.55 bits per heavy atom. The molecule has 4 N–H and O–H groups in total. The van der Waals surface area contributed by atoms with Gasteiger partial charge in [0.1, 0.15) is 18.1 Å². The van der Waals surface area contributed by atoms with Gasteiger partial charge in [0.15, 0.2) is 0 Å². The predicted molar refractivity (Wildman–Crippen MR) is 179 cm³/mol. The third-order valence-corrected chi connectivity index (χ3v) is 9.07. The summed E-state index contributed by atoms with van der Waals surface area (Å²) in [7, 11) is 3.17. The summed E-state index contributed by atoms with van der Waals surface area (Å²) in [6.45, 7) is 6.03. The van der Waals surface area contributed by atoms with Crippen molar-refractivity contribution < 1.29 is 23.6 Å². The van der Waals surface area contributed by atoms with Gasteiger partial charge in [0.2, 0.25) is 35.4 Å². The van der Waals surface area contributed by atoms with Crippen molar-refractivity contribution in [2.24, 2.45) is 17.6 Å². The number of nitrogens with one attached hydrogen (secondary N) is 2. The average Bonchev–Trinajstić information content (AvgIpc) is 3.79. The molecule has 256 valence electrons. The van der Waals surface area contributed by atoms with Crippen LogP contribution in [0.15, 0.2) is 34.8 Å². The van der Waals surface area contributed by atoms with E-state index in [0.29, 0.717) is 35.0 Å². The SMILES string of the molecule is Cc1nnc(-c2ccc(Cl)cc2C[C@H]2C(=O)NCCCCC=CC[C@H](N(C)C(=O)[C@@H](N)C3CC3)C(=O)N[C@@H](CC(C)C)C(=O)N2C)o1. The number of likely N-dealkylation sites (N-methyl/N-ethyl adjacent to an activating group) is 2. The van der Waals surface area contributed by atoms with Gasteiger partial charge in [-0.25, -0.2) is 0 Å². The molecule has 1 aliphatic carbocycles. The summed E-state index contributed by atoms with van der Waals surface area (Å²) in [6.07, 6.45) is 8.68. The Morgan fingerprint density at radius 1 is 1.15 bits per heavy atom. The molecule has 4 rings (SSSR count). The number of halogens is 1. The molecule has 12 nitrogen and oxygen atoms in total. The first-order valence-electron chi connectivity index (χ1n) is 16.5. The molecule has 1 saturated carbocycles. The molecule has 0 bridgehead atoms. The van der Waals surface area contributed by atoms with Gasteiger partial charge in [-0.15, -0.1) is 10.2 Å². The second kappa shape index (κ2) is 16.4. The normalized spacial score (nSPS) is 22.6. The van der Waals surface area contributed by atoms with Gasteiger partial charge in [0, 0.05) is 44.6 Å². The van der Waals surface area contributed by atoms with Crippen LogP contribution in [0.3, 0.4) is 0 Å². The average molecular weight is 670 g/mol. The number of benzene rings is 1. The smallest absolute Gasteiger partial charge is 0.247 e. The molecular formula is C34H48ClN7O5. The highest BCUT2D eigenvalue weighted by Crippen LogP contribution is 2.32. The second-order valence-electron chi connectivity index (χ2n) is 13.1. The first-order valence-corrected chi connectivity index (χ1v) is 16.9. The standard InChI is InChI=1S/C34H48ClN7O5/c1-20(2)17-26-33(45)42(5)28(19-23-18-24(35)14-15-25(23)32-40-39-21(3)47-32)30(43)37-16-10-8-6-7-9-11-27(31(44)38-26)41(4)34(46)29(36)22-12-13-22/h7,9,14-15,18,20,22,26-29H,6,8,10-13,16-17,19,36H2,1-5H3,(H,37,43)(H,38,44)/t26-,27-,28-,29-/m0/s1. The third kappa shape index (κ3) is 9.63. The maximum atomic E-state index is 14.3. The number of aromatic nitrogens is 2. The summed E-state index contributed by atoms with van der Waals surface area (Å²) in [4.78, 5) is 58.0. The number of allylic oxidation sites excluding steroid dienone is 1. The molecule has 2 aliphatic rings. The maximum Gasteiger partial charge on any atom is 0.247 e. The van der Waals surface area contributed by atoms with Crippen molar-refractivity contribution in [2.45, 2.75) is 96.3 Å². The lowest BCUT2D eigenvalue weighted by Crippen LogP contribution is -2.58. The van der Waals surface area contributed by atoms with Crippen LogP contribution in [0.2, 0.25) is 5.02 Å². The van der Waals surface area contributed by atoms with E-state index < -0.39 is 36.0 Å². The van der Waals surface area contributed by atoms with Crippen molar-refractivity contribution in [3.63, 3.8) is 0 Å². The molecule has 1 aliphatic heterocycles. The van der Waals surface area contributed by atoms with E-state index in [1.54, 1.807) is 39.2 Å². The van der Waals surface area contributed by atoms with Crippen LogP contribution in [0.5, 0.6) is 0 Å². The van der Waals surface area contributed by atoms with E-state index in [1.165, 1.54) is 9.80 Å². The van der Waals surface area contributed by atoms with E-state index in [4.69, 9.17) is 21.8 Å². The minimum atomic E-state index is -0.945. The lowest BCUT2D eigenvalue weighted by molar-refractivity contribution is -0.144. The summed E-state index contributed by atoms with van der Waals surface area (Å²) in [5.74, 6) is -0.651. The monoisotopic (exact) mass is 669 g/mol. The molecule has 47 heavy (non-hydrogen) atoms. The molecule has 2 aromatic rings. The second-order valence-corrected chi connectivity index (χ2v) is 13.5. The van der Waals surface area contributed by atoms with Gasteiger partial charge in [-0.05, 0) is 80.5 Å². The Hall–Kier alpha value is -3.77. The van der Waals surface area contributed by atoms with E-state index in [9.17, 15) is 19.2 Å². The highest BCUT2D eigenvalue weighted by atomic mass is 35.5. The zero-order valence-electron chi connectivity index (χ0n) is 28.0. The number of rotatable bonds is 8. The number of aryl methyl sites for hydroxylation is 1. The van der Waals surface area contributed by atoms with Crippen LogP contribution in [0.25, 0.3) is 11.5 Å². The lowest BCUT2D eigenvalue weighted by Gasteiger charge is -2.34. The third-order valence-electron chi connectivity index (χ3n) is 8.83. The zero-order chi connectivity index (χ0) is 34.2. The van der Waals surface area contributed by atoms with E-state index in [1.807, 2.05) is 26.0 Å². The van der Waals surface area contributed by atoms with Crippen LogP contribution >= 0.6 is 11.6 Å². The maximum absolute atomic E-state index is 14.3. The summed E-state index contributed by atoms with van der Waals surface area (Å²) in [5.41, 5.74) is 7.50. The molecule has 0 unspecified atom stereocenters. The fourth-order valence-electron chi connectivity index (χ4n) is 5.87. The van der Waals surface area contributed by atoms with E-state index in [2.05, 4.69) is 20.8 Å². The summed E-state index contributed by atoms with van der Waals surface area (Å²) >= 11 is 6.40. The van der Waals surface area contributed by atoms with E-state index in [-0.39, 0.29) is 42.4 Å². The summed E-state index contributed by atoms with van der Waals surface area (Å²) < 4.78 is 5.69. The Balaban J connectivity index is 1.67. The topological polar surface area (TPSA) is 164 Å². The van der Waals surface area contributed by atoms with Crippen molar-refractivity contribution in [3.05, 3.63) is 46.8 Å². The predicted octanol–water partition coefficient (Wildman–Crippen LogP) is 3.41. The van der Waals surface area contributed by atoms with Crippen LogP contribution in [0.1, 0.15) is 70.2 Å². The number of carbonyl (C=O) groups is 4. The molecular weight excluding hydrogens is 622 g/mol. The fraction of sp³-hybridized carbons (Fsp3) is 0.588. The molecule has 13 heteroatoms. The zero-order valence-corrected chi connectivity index (χ0v) is 28.8. The quantitative estimate of drug-likeness (QED) is 0.360. The summed E-state index contributed by atoms with van der Waals surface area (Å²) in [6, 6.07) is 1.78. The molecule has 0 saturated heterocycles. The first kappa shape index (κ1) is 36.1. The molecule has 0 spiro atoms. The largest absolute Gasteiger partial charge is 0.421 e. The molecule has 4 atom stereocenters. The van der Waals surface area contributed by atoms with E-state index >= 15 is 0 Å². The number of hydrogen-bond donors (Lipinski definition) is 3. The van der Waals surface area contributed by atoms with Crippen LogP contribution in [0.4, 0.5) is 0 Å².